The van der Waals surface area contributed by atoms with E-state index in [0.29, 0.717) is 53.0 Å². The largest absolute Gasteiger partial charge is 0.487 e. The Morgan fingerprint density at radius 3 is 2.63 bits per heavy atom. The average Bonchev–Trinajstić information content (AvgIpc) is 2.94. The monoisotopic (exact) mass is 392 g/mol. The topological polar surface area (TPSA) is 80.4 Å². The van der Waals surface area contributed by atoms with Crippen LogP contribution in [0.4, 0.5) is 5.69 Å². The number of H-pyrrole nitrogens is 1. The van der Waals surface area contributed by atoms with E-state index in [4.69, 9.17) is 21.1 Å². The van der Waals surface area contributed by atoms with E-state index in [1.807, 2.05) is 6.92 Å². The summed E-state index contributed by atoms with van der Waals surface area (Å²) >= 11 is 6.22. The van der Waals surface area contributed by atoms with Crippen molar-refractivity contribution in [1.29, 1.82) is 0 Å². The fourth-order valence-corrected chi connectivity index (χ4v) is 3.24. The fourth-order valence-electron chi connectivity index (χ4n) is 3.01. The smallest absolute Gasteiger partial charge is 0.272 e. The van der Waals surface area contributed by atoms with Crippen LogP contribution in [0.25, 0.3) is 0 Å². The molecule has 0 aliphatic rings. The number of aryl methyl sites for hydroxylation is 1. The zero-order valence-electron chi connectivity index (χ0n) is 16.1. The van der Waals surface area contributed by atoms with E-state index in [9.17, 15) is 9.59 Å². The highest BCUT2D eigenvalue weighted by molar-refractivity contribution is 6.32. The third kappa shape index (κ3) is 4.90. The summed E-state index contributed by atoms with van der Waals surface area (Å²) < 4.78 is 10.6. The van der Waals surface area contributed by atoms with Crippen molar-refractivity contribution >= 4 is 29.0 Å². The van der Waals surface area contributed by atoms with Crippen molar-refractivity contribution in [2.75, 3.05) is 25.6 Å². The number of anilines is 1. The SMILES string of the molecule is CCCc1c(C(=O)Nc2cccc(Cl)c2OCCOC)[nH]c(C)c1C(C)=O. The molecule has 1 heterocycles. The zero-order chi connectivity index (χ0) is 20.0. The summed E-state index contributed by atoms with van der Waals surface area (Å²) in [4.78, 5) is 28.0. The molecule has 0 radical (unpaired) electrons. The van der Waals surface area contributed by atoms with E-state index in [-0.39, 0.29) is 11.7 Å². The molecule has 1 aromatic carbocycles. The predicted octanol–water partition coefficient (Wildman–Crippen LogP) is 4.41. The van der Waals surface area contributed by atoms with E-state index in [1.54, 1.807) is 32.2 Å². The Morgan fingerprint density at radius 1 is 1.26 bits per heavy atom. The van der Waals surface area contributed by atoms with Crippen LogP contribution in [0.2, 0.25) is 5.02 Å². The van der Waals surface area contributed by atoms with Crippen molar-refractivity contribution in [3.05, 3.63) is 45.7 Å². The Morgan fingerprint density at radius 2 is 2.00 bits per heavy atom. The summed E-state index contributed by atoms with van der Waals surface area (Å²) in [6.45, 7) is 6.02. The molecule has 0 saturated heterocycles. The number of nitrogens with one attached hydrogen (secondary N) is 2. The molecule has 2 rings (SSSR count). The van der Waals surface area contributed by atoms with Gasteiger partial charge < -0.3 is 19.8 Å². The lowest BCUT2D eigenvalue weighted by Gasteiger charge is -2.14. The Bertz CT molecular complexity index is 830. The molecule has 0 saturated carbocycles. The number of carbonyl (C=O) groups excluding carboxylic acids is 2. The van der Waals surface area contributed by atoms with Gasteiger partial charge in [0.05, 0.1) is 17.3 Å². The number of para-hydroxylation sites is 1. The first kappa shape index (κ1) is 21.0. The van der Waals surface area contributed by atoms with Gasteiger partial charge in [0.15, 0.2) is 11.5 Å². The molecule has 0 unspecified atom stereocenters. The Balaban J connectivity index is 2.34. The number of ether oxygens (including phenoxy) is 2. The first-order valence-corrected chi connectivity index (χ1v) is 9.22. The first-order valence-electron chi connectivity index (χ1n) is 8.84. The second kappa shape index (κ2) is 9.58. The number of Topliss-reactive ketones (excluding diaryl/α,β-unsaturated/α-hetero) is 1. The lowest BCUT2D eigenvalue weighted by molar-refractivity contribution is 0.101. The number of carbonyl (C=O) groups is 2. The van der Waals surface area contributed by atoms with Gasteiger partial charge in [-0.15, -0.1) is 0 Å². The quantitative estimate of drug-likeness (QED) is 0.489. The lowest BCUT2D eigenvalue weighted by Crippen LogP contribution is -2.16. The number of halogens is 1. The number of benzene rings is 1. The third-order valence-corrected chi connectivity index (χ3v) is 4.42. The molecule has 2 aromatic rings. The van der Waals surface area contributed by atoms with Crippen LogP contribution in [0.3, 0.4) is 0 Å². The molecule has 1 amide bonds. The third-order valence-electron chi connectivity index (χ3n) is 4.12. The summed E-state index contributed by atoms with van der Waals surface area (Å²) in [5.41, 5.74) is 2.87. The molecule has 0 atom stereocenters. The van der Waals surface area contributed by atoms with Crippen molar-refractivity contribution < 1.29 is 19.1 Å². The van der Waals surface area contributed by atoms with Crippen LogP contribution in [0.1, 0.15) is 52.4 Å². The van der Waals surface area contributed by atoms with Gasteiger partial charge in [0.2, 0.25) is 0 Å². The highest BCUT2D eigenvalue weighted by atomic mass is 35.5. The number of rotatable bonds is 9. The van der Waals surface area contributed by atoms with Gasteiger partial charge in [-0.1, -0.05) is 31.0 Å². The van der Waals surface area contributed by atoms with Crippen molar-refractivity contribution in [3.63, 3.8) is 0 Å². The van der Waals surface area contributed by atoms with E-state index in [0.717, 1.165) is 12.0 Å². The van der Waals surface area contributed by atoms with E-state index in [1.165, 1.54) is 6.92 Å². The molecule has 2 N–H and O–H groups in total. The summed E-state index contributed by atoms with van der Waals surface area (Å²) in [7, 11) is 1.58. The molecule has 146 valence electrons. The second-order valence-electron chi connectivity index (χ2n) is 6.20. The van der Waals surface area contributed by atoms with Gasteiger partial charge in [0.25, 0.3) is 5.91 Å². The lowest BCUT2D eigenvalue weighted by atomic mass is 10.0. The Kier molecular flexibility index (Phi) is 7.45. The molecule has 0 aliphatic heterocycles. The normalized spacial score (nSPS) is 10.7. The van der Waals surface area contributed by atoms with E-state index in [2.05, 4.69) is 10.3 Å². The molecular formula is C20H25ClN2O4. The number of hydrogen-bond acceptors (Lipinski definition) is 4. The van der Waals surface area contributed by atoms with Crippen LogP contribution in [0.15, 0.2) is 18.2 Å². The maximum absolute atomic E-state index is 12.9. The summed E-state index contributed by atoms with van der Waals surface area (Å²) in [6, 6.07) is 5.14. The van der Waals surface area contributed by atoms with Gasteiger partial charge in [0.1, 0.15) is 12.3 Å². The minimum absolute atomic E-state index is 0.0578. The summed E-state index contributed by atoms with van der Waals surface area (Å²) in [6.07, 6.45) is 1.45. The second-order valence-corrected chi connectivity index (χ2v) is 6.60. The molecule has 7 heteroatoms. The van der Waals surface area contributed by atoms with Crippen LogP contribution in [-0.4, -0.2) is 37.0 Å². The predicted molar refractivity (Wildman–Crippen MR) is 106 cm³/mol. The summed E-state index contributed by atoms with van der Waals surface area (Å²) in [5, 5.41) is 3.23. The fraction of sp³-hybridized carbons (Fsp3) is 0.400. The Labute approximate surface area is 164 Å². The van der Waals surface area contributed by atoms with Crippen LogP contribution in [0, 0.1) is 6.92 Å². The molecule has 0 fully saturated rings. The molecule has 0 bridgehead atoms. The molecular weight excluding hydrogens is 368 g/mol. The minimum atomic E-state index is -0.340. The van der Waals surface area contributed by atoms with Crippen molar-refractivity contribution in [2.24, 2.45) is 0 Å². The number of aromatic amines is 1. The van der Waals surface area contributed by atoms with E-state index >= 15 is 0 Å². The van der Waals surface area contributed by atoms with Crippen LogP contribution in [-0.2, 0) is 11.2 Å². The zero-order valence-corrected chi connectivity index (χ0v) is 16.8. The van der Waals surface area contributed by atoms with Gasteiger partial charge in [-0.2, -0.15) is 0 Å². The molecule has 6 nitrogen and oxygen atoms in total. The van der Waals surface area contributed by atoms with Crippen LogP contribution < -0.4 is 10.1 Å². The maximum atomic E-state index is 12.9. The van der Waals surface area contributed by atoms with Crippen molar-refractivity contribution in [3.8, 4) is 5.75 Å². The molecule has 27 heavy (non-hydrogen) atoms. The highest BCUT2D eigenvalue weighted by Crippen LogP contribution is 2.33. The highest BCUT2D eigenvalue weighted by Gasteiger charge is 2.23. The van der Waals surface area contributed by atoms with E-state index < -0.39 is 0 Å². The molecule has 0 spiro atoms. The number of ketones is 1. The Hall–Kier alpha value is -2.31. The number of hydrogen-bond donors (Lipinski definition) is 2. The van der Waals surface area contributed by atoms with Gasteiger partial charge in [-0.05, 0) is 38.0 Å². The van der Waals surface area contributed by atoms with Gasteiger partial charge >= 0.3 is 0 Å². The minimum Gasteiger partial charge on any atom is -0.487 e. The van der Waals surface area contributed by atoms with Crippen molar-refractivity contribution in [2.45, 2.75) is 33.6 Å². The van der Waals surface area contributed by atoms with Gasteiger partial charge in [0, 0.05) is 18.4 Å². The van der Waals surface area contributed by atoms with Crippen LogP contribution >= 0.6 is 11.6 Å². The summed E-state index contributed by atoms with van der Waals surface area (Å²) in [5.74, 6) is -0.0119. The molecule has 1 aromatic heterocycles. The molecule has 0 aliphatic carbocycles. The van der Waals surface area contributed by atoms with Crippen molar-refractivity contribution in [1.82, 2.24) is 4.98 Å². The standard InChI is InChI=1S/C20H25ClN2O4/c1-5-7-14-17(13(3)24)12(2)22-18(14)20(25)23-16-9-6-8-15(21)19(16)27-11-10-26-4/h6,8-9,22H,5,7,10-11H2,1-4H3,(H,23,25). The maximum Gasteiger partial charge on any atom is 0.272 e. The van der Waals surface area contributed by atoms with Gasteiger partial charge in [-0.3, -0.25) is 9.59 Å². The van der Waals surface area contributed by atoms with Gasteiger partial charge in [-0.25, -0.2) is 0 Å². The first-order chi connectivity index (χ1) is 12.9. The number of aromatic nitrogens is 1. The van der Waals surface area contributed by atoms with Crippen LogP contribution in [0.5, 0.6) is 5.75 Å². The average molecular weight is 393 g/mol. The number of methoxy groups -OCH3 is 1. The number of amides is 1.